The predicted octanol–water partition coefficient (Wildman–Crippen LogP) is 2.19. The van der Waals surface area contributed by atoms with Crippen molar-refractivity contribution in [3.05, 3.63) is 52.4 Å². The SMILES string of the molecule is NC(=NCc1ccccc1)NS(=O)(=O)c1ccc(Cl)s1. The third-order valence-corrected chi connectivity index (χ3v) is 5.40. The Labute approximate surface area is 126 Å². The molecule has 8 heteroatoms. The van der Waals surface area contributed by atoms with Crippen molar-refractivity contribution in [2.45, 2.75) is 10.8 Å². The molecule has 1 heterocycles. The molecule has 0 amide bonds. The Morgan fingerprint density at radius 1 is 1.25 bits per heavy atom. The van der Waals surface area contributed by atoms with Gasteiger partial charge in [0.2, 0.25) is 5.96 Å². The van der Waals surface area contributed by atoms with E-state index in [2.05, 4.69) is 9.71 Å². The van der Waals surface area contributed by atoms with E-state index in [1.165, 1.54) is 12.1 Å². The van der Waals surface area contributed by atoms with Gasteiger partial charge in [-0.1, -0.05) is 41.9 Å². The van der Waals surface area contributed by atoms with Gasteiger partial charge in [-0.05, 0) is 17.7 Å². The Hall–Kier alpha value is -1.57. The van der Waals surface area contributed by atoms with Crippen molar-refractivity contribution >= 4 is 38.9 Å². The summed E-state index contributed by atoms with van der Waals surface area (Å²) in [5.41, 5.74) is 6.52. The summed E-state index contributed by atoms with van der Waals surface area (Å²) in [7, 11) is -3.71. The minimum Gasteiger partial charge on any atom is -0.369 e. The number of nitrogens with one attached hydrogen (secondary N) is 1. The van der Waals surface area contributed by atoms with Gasteiger partial charge in [0, 0.05) is 0 Å². The molecule has 0 atom stereocenters. The minimum atomic E-state index is -3.71. The average molecular weight is 330 g/mol. The summed E-state index contributed by atoms with van der Waals surface area (Å²) in [5.74, 6) is -0.154. The lowest BCUT2D eigenvalue weighted by molar-refractivity contribution is 0.594. The summed E-state index contributed by atoms with van der Waals surface area (Å²) in [4.78, 5) is 3.99. The molecule has 0 bridgehead atoms. The molecule has 2 rings (SSSR count). The molecule has 1 aromatic carbocycles. The standard InChI is InChI=1S/C12H12ClN3O2S2/c13-10-6-7-11(19-10)20(17,18)16-12(14)15-8-9-4-2-1-3-5-9/h1-7H,8H2,(H3,14,15,16). The molecule has 2 aromatic rings. The number of nitrogens with zero attached hydrogens (tertiary/aromatic N) is 1. The molecule has 0 radical (unpaired) electrons. The fourth-order valence-corrected chi connectivity index (χ4v) is 3.86. The van der Waals surface area contributed by atoms with Gasteiger partial charge in [-0.2, -0.15) is 0 Å². The van der Waals surface area contributed by atoms with E-state index in [1.807, 2.05) is 30.3 Å². The zero-order valence-electron chi connectivity index (χ0n) is 10.3. The molecule has 106 valence electrons. The van der Waals surface area contributed by atoms with Gasteiger partial charge < -0.3 is 5.73 Å². The van der Waals surface area contributed by atoms with Gasteiger partial charge in [-0.25, -0.2) is 18.1 Å². The number of benzene rings is 1. The molecule has 1 aromatic heterocycles. The lowest BCUT2D eigenvalue weighted by atomic mass is 10.2. The number of hydrogen-bond acceptors (Lipinski definition) is 4. The van der Waals surface area contributed by atoms with Crippen LogP contribution >= 0.6 is 22.9 Å². The van der Waals surface area contributed by atoms with E-state index in [1.54, 1.807) is 0 Å². The first-order valence-corrected chi connectivity index (χ1v) is 8.27. The third kappa shape index (κ3) is 3.96. The van der Waals surface area contributed by atoms with E-state index < -0.39 is 10.0 Å². The lowest BCUT2D eigenvalue weighted by Gasteiger charge is -2.05. The first kappa shape index (κ1) is 14.8. The number of halogens is 1. The number of hydrogen-bond donors (Lipinski definition) is 2. The van der Waals surface area contributed by atoms with Gasteiger partial charge in [0.15, 0.2) is 0 Å². The molecular weight excluding hydrogens is 318 g/mol. The van der Waals surface area contributed by atoms with E-state index >= 15 is 0 Å². The van der Waals surface area contributed by atoms with E-state index in [4.69, 9.17) is 17.3 Å². The van der Waals surface area contributed by atoms with Gasteiger partial charge in [0.1, 0.15) is 4.21 Å². The Bertz CT molecular complexity index is 711. The average Bonchev–Trinajstić information content (AvgIpc) is 2.85. The summed E-state index contributed by atoms with van der Waals surface area (Å²) in [6.07, 6.45) is 0. The van der Waals surface area contributed by atoms with Crippen LogP contribution in [0.5, 0.6) is 0 Å². The topological polar surface area (TPSA) is 84.5 Å². The number of rotatable bonds is 4. The molecule has 0 unspecified atom stereocenters. The van der Waals surface area contributed by atoms with Crippen LogP contribution in [-0.4, -0.2) is 14.4 Å². The normalized spacial score (nSPS) is 12.3. The first-order chi connectivity index (χ1) is 9.47. The number of aliphatic imine (C=N–C) groups is 1. The van der Waals surface area contributed by atoms with E-state index in [-0.39, 0.29) is 10.2 Å². The number of sulfonamides is 1. The Kier molecular flexibility index (Phi) is 4.64. The van der Waals surface area contributed by atoms with Crippen molar-refractivity contribution in [1.82, 2.24) is 4.72 Å². The van der Waals surface area contributed by atoms with Crippen LogP contribution in [0.1, 0.15) is 5.56 Å². The molecule has 0 saturated carbocycles. The van der Waals surface area contributed by atoms with Gasteiger partial charge in [0.25, 0.3) is 10.0 Å². The number of thiophene rings is 1. The van der Waals surface area contributed by atoms with Crippen LogP contribution in [-0.2, 0) is 16.6 Å². The molecule has 0 spiro atoms. The fourth-order valence-electron chi connectivity index (χ4n) is 1.42. The maximum atomic E-state index is 11.9. The van der Waals surface area contributed by atoms with Crippen molar-refractivity contribution < 1.29 is 8.42 Å². The van der Waals surface area contributed by atoms with Crippen LogP contribution in [0.3, 0.4) is 0 Å². The second-order valence-corrected chi connectivity index (χ2v) is 7.48. The lowest BCUT2D eigenvalue weighted by Crippen LogP contribution is -2.36. The second kappa shape index (κ2) is 6.25. The summed E-state index contributed by atoms with van der Waals surface area (Å²) < 4.78 is 26.6. The van der Waals surface area contributed by atoms with Crippen molar-refractivity contribution in [2.75, 3.05) is 0 Å². The van der Waals surface area contributed by atoms with Crippen LogP contribution in [0, 0.1) is 0 Å². The molecule has 0 aliphatic rings. The molecular formula is C12H12ClN3O2S2. The highest BCUT2D eigenvalue weighted by atomic mass is 35.5. The van der Waals surface area contributed by atoms with Crippen LogP contribution in [0.2, 0.25) is 4.34 Å². The van der Waals surface area contributed by atoms with Gasteiger partial charge in [0.05, 0.1) is 10.9 Å². The van der Waals surface area contributed by atoms with E-state index in [0.29, 0.717) is 10.9 Å². The quantitative estimate of drug-likeness (QED) is 0.666. The summed E-state index contributed by atoms with van der Waals surface area (Å²) in [6.45, 7) is 0.306. The molecule has 0 aliphatic carbocycles. The summed E-state index contributed by atoms with van der Waals surface area (Å²) in [5, 5.41) is 0. The second-order valence-electron chi connectivity index (χ2n) is 3.85. The number of guanidine groups is 1. The molecule has 5 nitrogen and oxygen atoms in total. The zero-order valence-corrected chi connectivity index (χ0v) is 12.7. The van der Waals surface area contributed by atoms with E-state index in [9.17, 15) is 8.42 Å². The summed E-state index contributed by atoms with van der Waals surface area (Å²) >= 11 is 6.66. The highest BCUT2D eigenvalue weighted by Gasteiger charge is 2.17. The van der Waals surface area contributed by atoms with Crippen LogP contribution < -0.4 is 10.5 Å². The maximum absolute atomic E-state index is 11.9. The molecule has 0 aliphatic heterocycles. The molecule has 0 saturated heterocycles. The van der Waals surface area contributed by atoms with Crippen molar-refractivity contribution in [2.24, 2.45) is 10.7 Å². The highest BCUT2D eigenvalue weighted by molar-refractivity contribution is 7.92. The monoisotopic (exact) mass is 329 g/mol. The largest absolute Gasteiger partial charge is 0.369 e. The Morgan fingerprint density at radius 3 is 2.55 bits per heavy atom. The Morgan fingerprint density at radius 2 is 1.95 bits per heavy atom. The smallest absolute Gasteiger partial charge is 0.273 e. The third-order valence-electron chi connectivity index (χ3n) is 2.33. The fraction of sp³-hybridized carbons (Fsp3) is 0.0833. The number of nitrogens with two attached hydrogens (primary N) is 1. The van der Waals surface area contributed by atoms with E-state index in [0.717, 1.165) is 16.9 Å². The minimum absolute atomic E-state index is 0.0976. The molecule has 0 fully saturated rings. The Balaban J connectivity index is 2.05. The van der Waals surface area contributed by atoms with Crippen molar-refractivity contribution in [3.8, 4) is 0 Å². The van der Waals surface area contributed by atoms with Gasteiger partial charge in [-0.3, -0.25) is 0 Å². The van der Waals surface area contributed by atoms with Crippen molar-refractivity contribution in [3.63, 3.8) is 0 Å². The van der Waals surface area contributed by atoms with Gasteiger partial charge in [-0.15, -0.1) is 11.3 Å². The maximum Gasteiger partial charge on any atom is 0.273 e. The predicted molar refractivity (Wildman–Crippen MR) is 81.4 cm³/mol. The van der Waals surface area contributed by atoms with Crippen LogP contribution in [0.25, 0.3) is 0 Å². The van der Waals surface area contributed by atoms with Gasteiger partial charge >= 0.3 is 0 Å². The molecule has 20 heavy (non-hydrogen) atoms. The zero-order chi connectivity index (χ0) is 14.6. The van der Waals surface area contributed by atoms with Crippen molar-refractivity contribution in [1.29, 1.82) is 0 Å². The molecule has 3 N–H and O–H groups in total. The van der Waals surface area contributed by atoms with Crippen LogP contribution in [0.15, 0.2) is 51.7 Å². The highest BCUT2D eigenvalue weighted by Crippen LogP contribution is 2.25. The summed E-state index contributed by atoms with van der Waals surface area (Å²) in [6, 6.07) is 12.3. The first-order valence-electron chi connectivity index (χ1n) is 5.59. The van der Waals surface area contributed by atoms with Crippen LogP contribution in [0.4, 0.5) is 0 Å².